The Morgan fingerprint density at radius 1 is 1.62 bits per heavy atom. The maximum Gasteiger partial charge on any atom is 0.318 e. The molecule has 1 heterocycles. The number of nitrogen functional groups attached to an aromatic ring is 1. The van der Waals surface area contributed by atoms with Crippen LogP contribution in [0.1, 0.15) is 12.8 Å². The van der Waals surface area contributed by atoms with Crippen LogP contribution < -0.4 is 10.5 Å². The topological polar surface area (TPSA) is 61.0 Å². The van der Waals surface area contributed by atoms with Gasteiger partial charge in [0, 0.05) is 0 Å². The number of hydrogen-bond donors (Lipinski definition) is 1. The van der Waals surface area contributed by atoms with Crippen molar-refractivity contribution in [1.29, 1.82) is 0 Å². The van der Waals surface area contributed by atoms with Crippen LogP contribution in [0.3, 0.4) is 0 Å². The van der Waals surface area contributed by atoms with Gasteiger partial charge in [-0.15, -0.1) is 0 Å². The van der Waals surface area contributed by atoms with E-state index < -0.39 is 5.82 Å². The van der Waals surface area contributed by atoms with Gasteiger partial charge in [0.25, 0.3) is 0 Å². The molecule has 5 heteroatoms. The first-order valence-electron chi connectivity index (χ1n) is 4.16. The normalized spacial score (nSPS) is 15.8. The predicted molar refractivity (Wildman–Crippen MR) is 44.6 cm³/mol. The van der Waals surface area contributed by atoms with E-state index >= 15 is 0 Å². The zero-order chi connectivity index (χ0) is 9.26. The summed E-state index contributed by atoms with van der Waals surface area (Å²) in [4.78, 5) is 7.29. The summed E-state index contributed by atoms with van der Waals surface area (Å²) in [5.41, 5.74) is 5.24. The SMILES string of the molecule is Nc1nc(OCC2CC2)ncc1F. The minimum Gasteiger partial charge on any atom is -0.463 e. The number of ether oxygens (including phenoxy) is 1. The third kappa shape index (κ3) is 2.05. The van der Waals surface area contributed by atoms with E-state index in [0.717, 1.165) is 6.20 Å². The third-order valence-electron chi connectivity index (χ3n) is 1.89. The molecule has 2 N–H and O–H groups in total. The van der Waals surface area contributed by atoms with E-state index in [1.54, 1.807) is 0 Å². The van der Waals surface area contributed by atoms with Gasteiger partial charge in [-0.05, 0) is 18.8 Å². The number of aromatic nitrogens is 2. The van der Waals surface area contributed by atoms with Gasteiger partial charge in [-0.2, -0.15) is 4.98 Å². The Balaban J connectivity index is 1.98. The zero-order valence-corrected chi connectivity index (χ0v) is 7.03. The van der Waals surface area contributed by atoms with Crippen LogP contribution >= 0.6 is 0 Å². The van der Waals surface area contributed by atoms with Gasteiger partial charge >= 0.3 is 6.01 Å². The van der Waals surface area contributed by atoms with Crippen molar-refractivity contribution >= 4 is 5.82 Å². The lowest BCUT2D eigenvalue weighted by Crippen LogP contribution is -2.05. The molecule has 0 amide bonds. The van der Waals surface area contributed by atoms with Gasteiger partial charge in [0.2, 0.25) is 0 Å². The average Bonchev–Trinajstić information content (AvgIpc) is 2.91. The van der Waals surface area contributed by atoms with Crippen molar-refractivity contribution in [3.63, 3.8) is 0 Å². The first-order chi connectivity index (χ1) is 6.25. The van der Waals surface area contributed by atoms with Crippen molar-refractivity contribution in [2.45, 2.75) is 12.8 Å². The van der Waals surface area contributed by atoms with Crippen molar-refractivity contribution in [1.82, 2.24) is 9.97 Å². The molecule has 1 saturated carbocycles. The molecule has 2 rings (SSSR count). The summed E-state index contributed by atoms with van der Waals surface area (Å²) in [5, 5.41) is 0. The monoisotopic (exact) mass is 183 g/mol. The van der Waals surface area contributed by atoms with E-state index in [9.17, 15) is 4.39 Å². The molecule has 0 unspecified atom stereocenters. The maximum absolute atomic E-state index is 12.6. The molecule has 1 aliphatic rings. The van der Waals surface area contributed by atoms with Crippen LogP contribution in [0.15, 0.2) is 6.20 Å². The Kier molecular flexibility index (Phi) is 2.00. The second-order valence-corrected chi connectivity index (χ2v) is 3.14. The smallest absolute Gasteiger partial charge is 0.318 e. The van der Waals surface area contributed by atoms with Crippen LogP contribution in [0.2, 0.25) is 0 Å². The Morgan fingerprint density at radius 2 is 2.38 bits per heavy atom. The predicted octanol–water partition coefficient (Wildman–Crippen LogP) is 0.987. The van der Waals surface area contributed by atoms with Gasteiger partial charge in [0.15, 0.2) is 11.6 Å². The molecule has 0 bridgehead atoms. The van der Waals surface area contributed by atoms with E-state index in [1.165, 1.54) is 12.8 Å². The Labute approximate surface area is 74.9 Å². The zero-order valence-electron chi connectivity index (χ0n) is 7.03. The number of rotatable bonds is 3. The standard InChI is InChI=1S/C8H10FN3O/c9-6-3-11-8(12-7(6)10)13-4-5-1-2-5/h3,5H,1-2,4H2,(H2,10,11,12). The summed E-state index contributed by atoms with van der Waals surface area (Å²) in [6.07, 6.45) is 3.40. The van der Waals surface area contributed by atoms with Gasteiger partial charge in [-0.1, -0.05) is 0 Å². The van der Waals surface area contributed by atoms with Crippen LogP contribution in [-0.4, -0.2) is 16.6 Å². The summed E-state index contributed by atoms with van der Waals surface area (Å²) in [6, 6.07) is 0.158. The lowest BCUT2D eigenvalue weighted by Gasteiger charge is -2.02. The summed E-state index contributed by atoms with van der Waals surface area (Å²) in [6.45, 7) is 0.602. The summed E-state index contributed by atoms with van der Waals surface area (Å²) >= 11 is 0. The molecule has 13 heavy (non-hydrogen) atoms. The second kappa shape index (κ2) is 3.16. The molecule has 0 aliphatic heterocycles. The molecule has 70 valence electrons. The van der Waals surface area contributed by atoms with Gasteiger partial charge in [0.05, 0.1) is 12.8 Å². The van der Waals surface area contributed by atoms with Crippen LogP contribution in [0.25, 0.3) is 0 Å². The summed E-state index contributed by atoms with van der Waals surface area (Å²) in [5.74, 6) is -0.158. The van der Waals surface area contributed by atoms with Crippen LogP contribution in [0.5, 0.6) is 6.01 Å². The van der Waals surface area contributed by atoms with Gasteiger partial charge in [-0.3, -0.25) is 0 Å². The minimum absolute atomic E-state index is 0.158. The van der Waals surface area contributed by atoms with E-state index in [1.807, 2.05) is 0 Å². The highest BCUT2D eigenvalue weighted by atomic mass is 19.1. The van der Waals surface area contributed by atoms with E-state index in [2.05, 4.69) is 9.97 Å². The lowest BCUT2D eigenvalue weighted by atomic mass is 10.5. The van der Waals surface area contributed by atoms with E-state index in [-0.39, 0.29) is 11.8 Å². The van der Waals surface area contributed by atoms with Crippen LogP contribution in [0.4, 0.5) is 10.2 Å². The Bertz CT molecular complexity index is 314. The third-order valence-corrected chi connectivity index (χ3v) is 1.89. The number of nitrogens with zero attached hydrogens (tertiary/aromatic N) is 2. The Hall–Kier alpha value is -1.39. The molecule has 0 radical (unpaired) electrons. The highest BCUT2D eigenvalue weighted by Gasteiger charge is 2.22. The van der Waals surface area contributed by atoms with Crippen molar-refractivity contribution in [3.8, 4) is 6.01 Å². The fourth-order valence-corrected chi connectivity index (χ4v) is 0.910. The second-order valence-electron chi connectivity index (χ2n) is 3.14. The quantitative estimate of drug-likeness (QED) is 0.759. The lowest BCUT2D eigenvalue weighted by molar-refractivity contribution is 0.275. The summed E-state index contributed by atoms with van der Waals surface area (Å²) < 4.78 is 17.8. The number of nitrogens with two attached hydrogens (primary N) is 1. The minimum atomic E-state index is -0.612. The largest absolute Gasteiger partial charge is 0.463 e. The maximum atomic E-state index is 12.6. The number of halogens is 1. The van der Waals surface area contributed by atoms with Crippen molar-refractivity contribution < 1.29 is 9.13 Å². The first kappa shape index (κ1) is 8.22. The molecule has 0 aromatic carbocycles. The fourth-order valence-electron chi connectivity index (χ4n) is 0.910. The molecule has 1 fully saturated rings. The summed E-state index contributed by atoms with van der Waals surface area (Å²) in [7, 11) is 0. The molecular formula is C8H10FN3O. The van der Waals surface area contributed by atoms with Crippen molar-refractivity contribution in [2.75, 3.05) is 12.3 Å². The highest BCUT2D eigenvalue weighted by Crippen LogP contribution is 2.28. The van der Waals surface area contributed by atoms with E-state index in [4.69, 9.17) is 10.5 Å². The molecule has 1 aromatic rings. The average molecular weight is 183 g/mol. The van der Waals surface area contributed by atoms with Crippen LogP contribution in [0, 0.1) is 11.7 Å². The molecule has 1 aliphatic carbocycles. The number of hydrogen-bond acceptors (Lipinski definition) is 4. The van der Waals surface area contributed by atoms with Gasteiger partial charge < -0.3 is 10.5 Å². The molecule has 1 aromatic heterocycles. The molecular weight excluding hydrogens is 173 g/mol. The first-order valence-corrected chi connectivity index (χ1v) is 4.16. The molecule has 0 saturated heterocycles. The fraction of sp³-hybridized carbons (Fsp3) is 0.500. The van der Waals surface area contributed by atoms with Gasteiger partial charge in [0.1, 0.15) is 0 Å². The Morgan fingerprint density at radius 3 is 3.00 bits per heavy atom. The van der Waals surface area contributed by atoms with Crippen LogP contribution in [-0.2, 0) is 0 Å². The molecule has 0 spiro atoms. The highest BCUT2D eigenvalue weighted by molar-refractivity contribution is 5.29. The van der Waals surface area contributed by atoms with Crippen molar-refractivity contribution in [2.24, 2.45) is 5.92 Å². The van der Waals surface area contributed by atoms with E-state index in [0.29, 0.717) is 12.5 Å². The van der Waals surface area contributed by atoms with Gasteiger partial charge in [-0.25, -0.2) is 9.37 Å². The molecule has 4 nitrogen and oxygen atoms in total. The van der Waals surface area contributed by atoms with Crippen molar-refractivity contribution in [3.05, 3.63) is 12.0 Å². The molecule has 0 atom stereocenters. The number of anilines is 1.